The van der Waals surface area contributed by atoms with Gasteiger partial charge in [0.1, 0.15) is 11.6 Å². The van der Waals surface area contributed by atoms with Crippen molar-refractivity contribution >= 4 is 20.9 Å². The molecule has 2 heterocycles. The summed E-state index contributed by atoms with van der Waals surface area (Å²) in [6.45, 7) is 20.4. The number of aryl methyl sites for hydroxylation is 1. The van der Waals surface area contributed by atoms with Crippen LogP contribution in [0.2, 0.25) is 18.1 Å². The van der Waals surface area contributed by atoms with Crippen molar-refractivity contribution in [2.24, 2.45) is 7.05 Å². The average Bonchev–Trinajstić information content (AvgIpc) is 3.21. The fourth-order valence-electron chi connectivity index (χ4n) is 4.20. The number of hydrogen-bond donors (Lipinski definition) is 1. The first-order valence-electron chi connectivity index (χ1n) is 12.8. The first kappa shape index (κ1) is 28.6. The lowest BCUT2D eigenvalue weighted by atomic mass is 9.85. The molecular formula is C29H42FN3OSSi. The molecule has 0 aliphatic heterocycles. The number of pyridine rings is 1. The maximum Gasteiger partial charge on any atom is 0.192 e. The maximum atomic E-state index is 14.0. The Morgan fingerprint density at radius 2 is 1.61 bits per heavy atom. The molecular weight excluding hydrogens is 485 g/mol. The second-order valence-electron chi connectivity index (χ2n) is 11.8. The Hall–Kier alpha value is -1.96. The van der Waals surface area contributed by atoms with Gasteiger partial charge in [-0.2, -0.15) is 12.6 Å². The van der Waals surface area contributed by atoms with Crippen LogP contribution in [0.3, 0.4) is 0 Å². The van der Waals surface area contributed by atoms with Crippen molar-refractivity contribution in [3.63, 3.8) is 0 Å². The van der Waals surface area contributed by atoms with E-state index in [1.54, 1.807) is 6.20 Å². The molecule has 36 heavy (non-hydrogen) atoms. The fourth-order valence-corrected chi connectivity index (χ4v) is 5.65. The molecule has 0 radical (unpaired) electrons. The smallest absolute Gasteiger partial charge is 0.192 e. The monoisotopic (exact) mass is 527 g/mol. The summed E-state index contributed by atoms with van der Waals surface area (Å²) < 4.78 is 22.8. The second kappa shape index (κ2) is 10.8. The van der Waals surface area contributed by atoms with Crippen molar-refractivity contribution in [1.82, 2.24) is 14.5 Å². The lowest BCUT2D eigenvalue weighted by molar-refractivity contribution is 0.274. The molecule has 0 N–H and O–H groups in total. The highest BCUT2D eigenvalue weighted by molar-refractivity contribution is 7.80. The Morgan fingerprint density at radius 1 is 1.03 bits per heavy atom. The predicted molar refractivity (Wildman–Crippen MR) is 154 cm³/mol. The molecule has 0 aliphatic carbocycles. The minimum Gasteiger partial charge on any atom is -0.412 e. The molecule has 1 aromatic carbocycles. The molecule has 1 atom stereocenters. The summed E-state index contributed by atoms with van der Waals surface area (Å²) in [6, 6.07) is 6.76. The summed E-state index contributed by atoms with van der Waals surface area (Å²) >= 11 is 5.12. The highest BCUT2D eigenvalue weighted by atomic mass is 32.1. The van der Waals surface area contributed by atoms with Gasteiger partial charge >= 0.3 is 0 Å². The Balaban J connectivity index is 2.39. The van der Waals surface area contributed by atoms with E-state index in [0.29, 0.717) is 6.61 Å². The quantitative estimate of drug-likeness (QED) is 0.236. The molecule has 2 aromatic heterocycles. The molecule has 0 spiro atoms. The minimum atomic E-state index is -2.04. The second-order valence-corrected chi connectivity index (χ2v) is 17.1. The lowest BCUT2D eigenvalue weighted by Gasteiger charge is -2.37. The van der Waals surface area contributed by atoms with Crippen molar-refractivity contribution < 1.29 is 8.82 Å². The van der Waals surface area contributed by atoms with Crippen molar-refractivity contribution in [1.29, 1.82) is 0 Å². The molecule has 1 unspecified atom stereocenters. The molecule has 196 valence electrons. The van der Waals surface area contributed by atoms with Gasteiger partial charge in [0.15, 0.2) is 8.32 Å². The van der Waals surface area contributed by atoms with E-state index in [-0.39, 0.29) is 27.9 Å². The van der Waals surface area contributed by atoms with Crippen LogP contribution in [0.1, 0.15) is 93.9 Å². The van der Waals surface area contributed by atoms with Crippen LogP contribution in [0, 0.1) is 5.82 Å². The molecule has 0 bridgehead atoms. The van der Waals surface area contributed by atoms with Crippen LogP contribution >= 0.6 is 12.6 Å². The van der Waals surface area contributed by atoms with Crippen LogP contribution in [0.25, 0.3) is 11.1 Å². The van der Waals surface area contributed by atoms with Crippen LogP contribution in [0.5, 0.6) is 0 Å². The molecule has 0 aliphatic rings. The van der Waals surface area contributed by atoms with E-state index < -0.39 is 8.32 Å². The minimum absolute atomic E-state index is 0.0776. The maximum absolute atomic E-state index is 14.0. The number of aromatic nitrogens is 3. The van der Waals surface area contributed by atoms with Gasteiger partial charge in [-0.1, -0.05) is 60.6 Å². The van der Waals surface area contributed by atoms with Gasteiger partial charge < -0.3 is 8.99 Å². The summed E-state index contributed by atoms with van der Waals surface area (Å²) in [6.07, 6.45) is 3.73. The Morgan fingerprint density at radius 3 is 2.08 bits per heavy atom. The van der Waals surface area contributed by atoms with E-state index in [4.69, 9.17) is 22.0 Å². The zero-order valence-electron chi connectivity index (χ0n) is 23.5. The number of thiol groups is 1. The van der Waals surface area contributed by atoms with Crippen LogP contribution in [-0.4, -0.2) is 22.9 Å². The lowest BCUT2D eigenvalue weighted by Crippen LogP contribution is -2.40. The molecule has 3 rings (SSSR count). The van der Waals surface area contributed by atoms with Gasteiger partial charge in [0.25, 0.3) is 0 Å². The third-order valence-corrected chi connectivity index (χ3v) is 12.4. The predicted octanol–water partition coefficient (Wildman–Crippen LogP) is 8.41. The topological polar surface area (TPSA) is 39.9 Å². The van der Waals surface area contributed by atoms with Crippen molar-refractivity contribution in [2.45, 2.75) is 90.3 Å². The largest absolute Gasteiger partial charge is 0.412 e. The van der Waals surface area contributed by atoms with E-state index in [0.717, 1.165) is 39.5 Å². The average molecular weight is 528 g/mol. The van der Waals surface area contributed by atoms with Gasteiger partial charge in [-0.3, -0.25) is 4.98 Å². The first-order chi connectivity index (χ1) is 16.7. The molecule has 0 fully saturated rings. The third-order valence-electron chi connectivity index (χ3n) is 7.38. The molecule has 7 heteroatoms. The van der Waals surface area contributed by atoms with E-state index in [9.17, 15) is 4.39 Å². The molecule has 4 nitrogen and oxygen atoms in total. The van der Waals surface area contributed by atoms with Gasteiger partial charge in [-0.05, 0) is 53.2 Å². The van der Waals surface area contributed by atoms with Crippen molar-refractivity contribution in [2.75, 3.05) is 0 Å². The van der Waals surface area contributed by atoms with Gasteiger partial charge in [0, 0.05) is 42.0 Å². The zero-order valence-corrected chi connectivity index (χ0v) is 25.4. The van der Waals surface area contributed by atoms with Crippen molar-refractivity contribution in [3.05, 3.63) is 70.8 Å². The van der Waals surface area contributed by atoms with Crippen LogP contribution < -0.4 is 0 Å². The van der Waals surface area contributed by atoms with E-state index in [1.165, 1.54) is 12.1 Å². The molecule has 3 aromatic rings. The molecule has 0 amide bonds. The number of halogens is 1. The van der Waals surface area contributed by atoms with Gasteiger partial charge in [-0.25, -0.2) is 9.37 Å². The van der Waals surface area contributed by atoms with Crippen molar-refractivity contribution in [3.8, 4) is 11.1 Å². The van der Waals surface area contributed by atoms with Gasteiger partial charge in [0.2, 0.25) is 0 Å². The standard InChI is InChI=1S/C29H42FN3OSSi/c1-18(2)25-22(17-34-36(9,10)29(5,6)7)23(20-11-13-21(30)14-12-20)24(26(32-25)19(3)4)27(35)28-31-15-16-33(28)8/h11-16,18-19,27,35H,17H2,1-10H3. The normalized spacial score (nSPS) is 13.6. The van der Waals surface area contributed by atoms with Crippen LogP contribution in [0.4, 0.5) is 4.39 Å². The first-order valence-corrected chi connectivity index (χ1v) is 16.2. The highest BCUT2D eigenvalue weighted by Gasteiger charge is 2.38. The number of benzene rings is 1. The van der Waals surface area contributed by atoms with Gasteiger partial charge in [0.05, 0.1) is 11.9 Å². The molecule has 0 saturated heterocycles. The SMILES string of the molecule is CC(C)c1nc(C(C)C)c(C(S)c2nccn2C)c(-c2ccc(F)cc2)c1CO[Si](C)(C)C(C)(C)C. The number of nitrogens with zero attached hydrogens (tertiary/aromatic N) is 3. The summed E-state index contributed by atoms with van der Waals surface area (Å²) in [5.74, 6) is 0.953. The fraction of sp³-hybridized carbons (Fsp3) is 0.517. The van der Waals surface area contributed by atoms with Crippen LogP contribution in [-0.2, 0) is 18.1 Å². The van der Waals surface area contributed by atoms with E-state index in [2.05, 4.69) is 66.5 Å². The summed E-state index contributed by atoms with van der Waals surface area (Å²) in [4.78, 5) is 9.89. The Bertz CT molecular complexity index is 1200. The van der Waals surface area contributed by atoms with E-state index in [1.807, 2.05) is 29.9 Å². The van der Waals surface area contributed by atoms with E-state index >= 15 is 0 Å². The van der Waals surface area contributed by atoms with Gasteiger partial charge in [-0.15, -0.1) is 0 Å². The third kappa shape index (κ3) is 5.79. The summed E-state index contributed by atoms with van der Waals surface area (Å²) in [5.41, 5.74) is 6.10. The number of hydrogen-bond acceptors (Lipinski definition) is 4. The molecule has 0 saturated carbocycles. The Kier molecular flexibility index (Phi) is 8.58. The highest BCUT2D eigenvalue weighted by Crippen LogP contribution is 2.45. The van der Waals surface area contributed by atoms with Crippen LogP contribution in [0.15, 0.2) is 36.7 Å². The summed E-state index contributed by atoms with van der Waals surface area (Å²) in [5, 5.41) is -0.225. The summed E-state index contributed by atoms with van der Waals surface area (Å²) in [7, 11) is -0.0619. The zero-order chi connectivity index (χ0) is 27.0. The number of rotatable bonds is 8. The number of imidazole rings is 1. The Labute approximate surface area is 223 Å².